The number of carbonyl (C=O) groups excluding carboxylic acids is 1. The molecular formula is C13H23Cl2N3O. The largest absolute Gasteiger partial charge is 0.354 e. The van der Waals surface area contributed by atoms with Crippen molar-refractivity contribution in [3.63, 3.8) is 0 Å². The minimum atomic E-state index is -0.144. The first kappa shape index (κ1) is 20.5. The highest BCUT2D eigenvalue weighted by molar-refractivity contribution is 5.85. The Hall–Kier alpha value is -0.840. The molecule has 1 rings (SSSR count). The second-order valence-electron chi connectivity index (χ2n) is 4.05. The SMILES string of the molecule is CCCNCCNC(=O)C(C)c1cccnc1.Cl.Cl. The molecule has 0 fully saturated rings. The number of hydrogen-bond acceptors (Lipinski definition) is 3. The van der Waals surface area contributed by atoms with Crippen LogP contribution in [0.3, 0.4) is 0 Å². The summed E-state index contributed by atoms with van der Waals surface area (Å²) in [4.78, 5) is 15.8. The number of nitrogens with one attached hydrogen (secondary N) is 2. The van der Waals surface area contributed by atoms with E-state index in [0.29, 0.717) is 6.54 Å². The van der Waals surface area contributed by atoms with E-state index in [1.807, 2.05) is 19.1 Å². The number of amides is 1. The molecule has 110 valence electrons. The molecule has 4 nitrogen and oxygen atoms in total. The van der Waals surface area contributed by atoms with Crippen LogP contribution in [0, 0.1) is 0 Å². The maximum Gasteiger partial charge on any atom is 0.227 e. The molecule has 0 aliphatic carbocycles. The number of carbonyl (C=O) groups is 1. The molecule has 0 aliphatic heterocycles. The molecule has 1 amide bonds. The van der Waals surface area contributed by atoms with Crippen LogP contribution in [-0.4, -0.2) is 30.5 Å². The van der Waals surface area contributed by atoms with Crippen molar-refractivity contribution in [1.29, 1.82) is 0 Å². The average Bonchev–Trinajstić information content (AvgIpc) is 2.38. The number of pyridine rings is 1. The molecule has 1 atom stereocenters. The standard InChI is InChI=1S/C13H21N3O.2ClH/c1-3-6-14-8-9-16-13(17)11(2)12-5-4-7-15-10-12;;/h4-5,7,10-11,14H,3,6,8-9H2,1-2H3,(H,16,17);2*1H. The average molecular weight is 308 g/mol. The van der Waals surface area contributed by atoms with Crippen molar-refractivity contribution in [3.05, 3.63) is 30.1 Å². The van der Waals surface area contributed by atoms with Gasteiger partial charge in [-0.25, -0.2) is 0 Å². The monoisotopic (exact) mass is 307 g/mol. The fourth-order valence-electron chi connectivity index (χ4n) is 1.51. The molecule has 0 bridgehead atoms. The van der Waals surface area contributed by atoms with Gasteiger partial charge in [0.25, 0.3) is 0 Å². The van der Waals surface area contributed by atoms with Gasteiger partial charge in [0.05, 0.1) is 5.92 Å². The first-order chi connectivity index (χ1) is 8.25. The second-order valence-corrected chi connectivity index (χ2v) is 4.05. The zero-order chi connectivity index (χ0) is 12.5. The van der Waals surface area contributed by atoms with Gasteiger partial charge in [0.15, 0.2) is 0 Å². The Morgan fingerprint density at radius 1 is 1.32 bits per heavy atom. The van der Waals surface area contributed by atoms with Crippen LogP contribution in [-0.2, 0) is 4.79 Å². The van der Waals surface area contributed by atoms with Crippen molar-refractivity contribution in [1.82, 2.24) is 15.6 Å². The lowest BCUT2D eigenvalue weighted by atomic mass is 10.0. The molecule has 1 aromatic heterocycles. The molecule has 0 saturated heterocycles. The summed E-state index contributed by atoms with van der Waals surface area (Å²) >= 11 is 0. The van der Waals surface area contributed by atoms with Crippen LogP contribution in [0.5, 0.6) is 0 Å². The van der Waals surface area contributed by atoms with Crippen molar-refractivity contribution in [2.45, 2.75) is 26.2 Å². The number of nitrogens with zero attached hydrogens (tertiary/aromatic N) is 1. The third kappa shape index (κ3) is 8.03. The molecule has 2 N–H and O–H groups in total. The van der Waals surface area contributed by atoms with Gasteiger partial charge in [-0.15, -0.1) is 24.8 Å². The summed E-state index contributed by atoms with van der Waals surface area (Å²) in [6.07, 6.45) is 4.56. The van der Waals surface area contributed by atoms with Gasteiger partial charge in [0.2, 0.25) is 5.91 Å². The van der Waals surface area contributed by atoms with Crippen molar-refractivity contribution in [2.75, 3.05) is 19.6 Å². The lowest BCUT2D eigenvalue weighted by molar-refractivity contribution is -0.122. The maximum absolute atomic E-state index is 11.8. The lowest BCUT2D eigenvalue weighted by Gasteiger charge is -2.12. The summed E-state index contributed by atoms with van der Waals surface area (Å²) in [7, 11) is 0. The molecule has 0 spiro atoms. The van der Waals surface area contributed by atoms with Crippen molar-refractivity contribution >= 4 is 30.7 Å². The summed E-state index contributed by atoms with van der Waals surface area (Å²) in [6, 6.07) is 3.77. The summed E-state index contributed by atoms with van der Waals surface area (Å²) in [5, 5.41) is 6.15. The van der Waals surface area contributed by atoms with E-state index < -0.39 is 0 Å². The Morgan fingerprint density at radius 2 is 2.05 bits per heavy atom. The van der Waals surface area contributed by atoms with Gasteiger partial charge < -0.3 is 10.6 Å². The fourth-order valence-corrected chi connectivity index (χ4v) is 1.51. The molecule has 1 heterocycles. The Balaban J connectivity index is 0. The van der Waals surface area contributed by atoms with Crippen molar-refractivity contribution in [3.8, 4) is 0 Å². The Labute approximate surface area is 127 Å². The zero-order valence-electron chi connectivity index (χ0n) is 11.4. The summed E-state index contributed by atoms with van der Waals surface area (Å²) < 4.78 is 0. The maximum atomic E-state index is 11.8. The van der Waals surface area contributed by atoms with Gasteiger partial charge >= 0.3 is 0 Å². The van der Waals surface area contributed by atoms with E-state index in [4.69, 9.17) is 0 Å². The van der Waals surface area contributed by atoms with E-state index in [-0.39, 0.29) is 36.6 Å². The highest BCUT2D eigenvalue weighted by atomic mass is 35.5. The molecule has 0 aliphatic rings. The molecule has 0 saturated carbocycles. The predicted molar refractivity (Wildman–Crippen MR) is 83.3 cm³/mol. The highest BCUT2D eigenvalue weighted by Gasteiger charge is 2.13. The van der Waals surface area contributed by atoms with Crippen LogP contribution < -0.4 is 10.6 Å². The Kier molecular flexibility index (Phi) is 13.2. The summed E-state index contributed by atoms with van der Waals surface area (Å²) in [5.74, 6) is -0.0915. The first-order valence-corrected chi connectivity index (χ1v) is 6.14. The first-order valence-electron chi connectivity index (χ1n) is 6.14. The van der Waals surface area contributed by atoms with Gasteiger partial charge in [-0.2, -0.15) is 0 Å². The van der Waals surface area contributed by atoms with Crippen LogP contribution in [0.15, 0.2) is 24.5 Å². The van der Waals surface area contributed by atoms with Crippen LogP contribution >= 0.6 is 24.8 Å². The fraction of sp³-hybridized carbons (Fsp3) is 0.538. The second kappa shape index (κ2) is 12.2. The van der Waals surface area contributed by atoms with E-state index in [1.165, 1.54) is 0 Å². The van der Waals surface area contributed by atoms with Crippen molar-refractivity contribution in [2.24, 2.45) is 0 Å². The minimum absolute atomic E-state index is 0. The third-order valence-corrected chi connectivity index (χ3v) is 2.61. The number of hydrogen-bond donors (Lipinski definition) is 2. The minimum Gasteiger partial charge on any atom is -0.354 e. The van der Waals surface area contributed by atoms with E-state index in [9.17, 15) is 4.79 Å². The van der Waals surface area contributed by atoms with Gasteiger partial charge in [0.1, 0.15) is 0 Å². The highest BCUT2D eigenvalue weighted by Crippen LogP contribution is 2.12. The van der Waals surface area contributed by atoms with Gasteiger partial charge in [-0.3, -0.25) is 9.78 Å². The van der Waals surface area contributed by atoms with E-state index in [2.05, 4.69) is 22.5 Å². The summed E-state index contributed by atoms with van der Waals surface area (Å²) in [5.41, 5.74) is 0.950. The molecule has 0 radical (unpaired) electrons. The van der Waals surface area contributed by atoms with Gasteiger partial charge in [-0.1, -0.05) is 13.0 Å². The Bertz CT molecular complexity index is 336. The molecular weight excluding hydrogens is 285 g/mol. The topological polar surface area (TPSA) is 54.0 Å². The zero-order valence-corrected chi connectivity index (χ0v) is 13.0. The molecule has 1 aromatic rings. The van der Waals surface area contributed by atoms with E-state index in [1.54, 1.807) is 12.4 Å². The number of aromatic nitrogens is 1. The lowest BCUT2D eigenvalue weighted by Crippen LogP contribution is -2.34. The predicted octanol–water partition coefficient (Wildman–Crippen LogP) is 2.14. The number of halogens is 2. The third-order valence-electron chi connectivity index (χ3n) is 2.61. The van der Waals surface area contributed by atoms with Crippen LogP contribution in [0.1, 0.15) is 31.7 Å². The van der Waals surface area contributed by atoms with Crippen molar-refractivity contribution < 1.29 is 4.79 Å². The number of rotatable bonds is 7. The Morgan fingerprint density at radius 3 is 2.63 bits per heavy atom. The normalized spacial score (nSPS) is 10.8. The molecule has 1 unspecified atom stereocenters. The molecule has 6 heteroatoms. The molecule has 0 aromatic carbocycles. The quantitative estimate of drug-likeness (QED) is 0.759. The molecule has 19 heavy (non-hydrogen) atoms. The summed E-state index contributed by atoms with van der Waals surface area (Å²) in [6.45, 7) is 6.50. The van der Waals surface area contributed by atoms with Gasteiger partial charge in [0, 0.05) is 25.5 Å². The smallest absolute Gasteiger partial charge is 0.227 e. The van der Waals surface area contributed by atoms with Crippen LogP contribution in [0.4, 0.5) is 0 Å². The van der Waals surface area contributed by atoms with E-state index >= 15 is 0 Å². The van der Waals surface area contributed by atoms with E-state index in [0.717, 1.165) is 25.1 Å². The van der Waals surface area contributed by atoms with Crippen LogP contribution in [0.2, 0.25) is 0 Å². The van der Waals surface area contributed by atoms with Crippen LogP contribution in [0.25, 0.3) is 0 Å². The van der Waals surface area contributed by atoms with Gasteiger partial charge in [-0.05, 0) is 31.5 Å².